The van der Waals surface area contributed by atoms with Crippen LogP contribution in [0.3, 0.4) is 0 Å². The van der Waals surface area contributed by atoms with Crippen molar-refractivity contribution in [2.45, 2.75) is 18.9 Å². The third-order valence-electron chi connectivity index (χ3n) is 3.16. The van der Waals surface area contributed by atoms with Crippen molar-refractivity contribution >= 4 is 11.6 Å². The quantitative estimate of drug-likeness (QED) is 0.847. The zero-order valence-electron chi connectivity index (χ0n) is 8.91. The minimum absolute atomic E-state index is 0.226. The van der Waals surface area contributed by atoms with Gasteiger partial charge >= 0.3 is 0 Å². The van der Waals surface area contributed by atoms with Gasteiger partial charge in [0.15, 0.2) is 0 Å². The third-order valence-corrected chi connectivity index (χ3v) is 3.39. The second-order valence-corrected chi connectivity index (χ2v) is 4.62. The fourth-order valence-electron chi connectivity index (χ4n) is 2.22. The Morgan fingerprint density at radius 1 is 1.40 bits per heavy atom. The van der Waals surface area contributed by atoms with E-state index in [1.54, 1.807) is 0 Å². The van der Waals surface area contributed by atoms with E-state index >= 15 is 0 Å². The molecule has 1 aliphatic carbocycles. The summed E-state index contributed by atoms with van der Waals surface area (Å²) in [4.78, 5) is 2.22. The summed E-state index contributed by atoms with van der Waals surface area (Å²) < 4.78 is 0. The summed E-state index contributed by atoms with van der Waals surface area (Å²) in [5, 5.41) is 9.71. The molecule has 0 amide bonds. The minimum atomic E-state index is 0.226. The van der Waals surface area contributed by atoms with Crippen molar-refractivity contribution in [3.63, 3.8) is 0 Å². The van der Waals surface area contributed by atoms with Crippen molar-refractivity contribution in [2.24, 2.45) is 0 Å². The van der Waals surface area contributed by atoms with E-state index in [1.165, 1.54) is 11.1 Å². The van der Waals surface area contributed by atoms with Crippen molar-refractivity contribution < 1.29 is 5.11 Å². The fourth-order valence-corrected chi connectivity index (χ4v) is 2.41. The molecule has 1 unspecified atom stereocenters. The number of hydrogen-bond acceptors (Lipinski definition) is 2. The molecule has 15 heavy (non-hydrogen) atoms. The van der Waals surface area contributed by atoms with Gasteiger partial charge in [-0.25, -0.2) is 0 Å². The molecule has 82 valence electrons. The van der Waals surface area contributed by atoms with Gasteiger partial charge in [0.2, 0.25) is 0 Å². The van der Waals surface area contributed by atoms with Crippen LogP contribution in [-0.4, -0.2) is 36.2 Å². The molecule has 0 aliphatic heterocycles. The molecule has 0 aromatic heterocycles. The smallest absolute Gasteiger partial charge is 0.0558 e. The van der Waals surface area contributed by atoms with Crippen LogP contribution >= 0.6 is 11.6 Å². The largest absolute Gasteiger partial charge is 0.395 e. The van der Waals surface area contributed by atoms with Crippen LogP contribution in [0.25, 0.3) is 0 Å². The van der Waals surface area contributed by atoms with Crippen LogP contribution < -0.4 is 0 Å². The third kappa shape index (κ3) is 2.33. The van der Waals surface area contributed by atoms with E-state index in [9.17, 15) is 0 Å². The monoisotopic (exact) mass is 225 g/mol. The van der Waals surface area contributed by atoms with E-state index in [-0.39, 0.29) is 6.61 Å². The Morgan fingerprint density at radius 2 is 2.13 bits per heavy atom. The Balaban J connectivity index is 2.08. The molecule has 1 atom stereocenters. The molecule has 0 saturated carbocycles. The molecule has 2 nitrogen and oxygen atoms in total. The molecule has 1 aromatic carbocycles. The summed E-state index contributed by atoms with van der Waals surface area (Å²) in [6.45, 7) is 0.969. The SMILES string of the molecule is CN(CCO)C1Cc2ccc(Cl)cc2C1. The van der Waals surface area contributed by atoms with Gasteiger partial charge in [0.05, 0.1) is 6.61 Å². The van der Waals surface area contributed by atoms with Gasteiger partial charge in [-0.05, 0) is 43.1 Å². The van der Waals surface area contributed by atoms with Crippen molar-refractivity contribution in [1.29, 1.82) is 0 Å². The standard InChI is InChI=1S/C12H16ClNO/c1-14(4-5-15)12-7-9-2-3-11(13)6-10(9)8-12/h2-3,6,12,15H,4-5,7-8H2,1H3. The van der Waals surface area contributed by atoms with Gasteiger partial charge in [0.25, 0.3) is 0 Å². The van der Waals surface area contributed by atoms with E-state index in [0.29, 0.717) is 6.04 Å². The van der Waals surface area contributed by atoms with Gasteiger partial charge in [0.1, 0.15) is 0 Å². The summed E-state index contributed by atoms with van der Waals surface area (Å²) in [7, 11) is 2.06. The first kappa shape index (κ1) is 10.9. The van der Waals surface area contributed by atoms with E-state index in [4.69, 9.17) is 16.7 Å². The molecule has 0 saturated heterocycles. The predicted octanol–water partition coefficient (Wildman–Crippen LogP) is 1.73. The molecule has 1 aliphatic rings. The van der Waals surface area contributed by atoms with Crippen LogP contribution in [0.1, 0.15) is 11.1 Å². The van der Waals surface area contributed by atoms with E-state index in [0.717, 1.165) is 24.4 Å². The average Bonchev–Trinajstić information content (AvgIpc) is 2.60. The van der Waals surface area contributed by atoms with Crippen LogP contribution in [0.2, 0.25) is 5.02 Å². The molecule has 0 bridgehead atoms. The molecule has 0 fully saturated rings. The Kier molecular flexibility index (Phi) is 3.29. The van der Waals surface area contributed by atoms with E-state index in [2.05, 4.69) is 24.1 Å². The lowest BCUT2D eigenvalue weighted by Crippen LogP contribution is -2.34. The van der Waals surface area contributed by atoms with Gasteiger partial charge < -0.3 is 10.0 Å². The Hall–Kier alpha value is -0.570. The first-order valence-corrected chi connectivity index (χ1v) is 5.67. The summed E-state index contributed by atoms with van der Waals surface area (Å²) in [6, 6.07) is 6.65. The van der Waals surface area contributed by atoms with Crippen LogP contribution in [0.15, 0.2) is 18.2 Å². The summed E-state index contributed by atoms with van der Waals surface area (Å²) in [5.41, 5.74) is 2.76. The summed E-state index contributed by atoms with van der Waals surface area (Å²) in [6.07, 6.45) is 2.12. The maximum Gasteiger partial charge on any atom is 0.0558 e. The van der Waals surface area contributed by atoms with Gasteiger partial charge in [-0.2, -0.15) is 0 Å². The van der Waals surface area contributed by atoms with Gasteiger partial charge in [-0.1, -0.05) is 17.7 Å². The number of rotatable bonds is 3. The zero-order chi connectivity index (χ0) is 10.8. The van der Waals surface area contributed by atoms with Crippen molar-refractivity contribution in [3.05, 3.63) is 34.3 Å². The molecule has 2 rings (SSSR count). The average molecular weight is 226 g/mol. The highest BCUT2D eigenvalue weighted by atomic mass is 35.5. The van der Waals surface area contributed by atoms with E-state index < -0.39 is 0 Å². The lowest BCUT2D eigenvalue weighted by molar-refractivity contribution is 0.183. The minimum Gasteiger partial charge on any atom is -0.395 e. The highest BCUT2D eigenvalue weighted by Gasteiger charge is 2.24. The number of likely N-dealkylation sites (N-methyl/N-ethyl adjacent to an activating group) is 1. The number of benzene rings is 1. The highest BCUT2D eigenvalue weighted by molar-refractivity contribution is 6.30. The Labute approximate surface area is 95.5 Å². The first-order valence-electron chi connectivity index (χ1n) is 5.29. The first-order chi connectivity index (χ1) is 7.20. The molecule has 0 spiro atoms. The molecule has 0 heterocycles. The molecule has 3 heteroatoms. The Morgan fingerprint density at radius 3 is 2.87 bits per heavy atom. The number of aliphatic hydroxyl groups excluding tert-OH is 1. The van der Waals surface area contributed by atoms with Crippen LogP contribution in [0.5, 0.6) is 0 Å². The lowest BCUT2D eigenvalue weighted by Gasteiger charge is -2.22. The van der Waals surface area contributed by atoms with Gasteiger partial charge in [-0.3, -0.25) is 0 Å². The summed E-state index contributed by atoms with van der Waals surface area (Å²) >= 11 is 5.96. The number of fused-ring (bicyclic) bond motifs is 1. The van der Waals surface area contributed by atoms with E-state index in [1.807, 2.05) is 6.07 Å². The number of nitrogens with zero attached hydrogens (tertiary/aromatic N) is 1. The maximum atomic E-state index is 8.90. The second kappa shape index (κ2) is 4.52. The highest BCUT2D eigenvalue weighted by Crippen LogP contribution is 2.27. The van der Waals surface area contributed by atoms with Crippen LogP contribution in [-0.2, 0) is 12.8 Å². The normalized spacial score (nSPS) is 19.6. The van der Waals surface area contributed by atoms with Crippen LogP contribution in [0, 0.1) is 0 Å². The number of halogens is 1. The second-order valence-electron chi connectivity index (χ2n) is 4.18. The number of aliphatic hydroxyl groups is 1. The molecule has 0 radical (unpaired) electrons. The predicted molar refractivity (Wildman–Crippen MR) is 62.4 cm³/mol. The van der Waals surface area contributed by atoms with Crippen LogP contribution in [0.4, 0.5) is 0 Å². The summed E-state index contributed by atoms with van der Waals surface area (Å²) in [5.74, 6) is 0. The molecular weight excluding hydrogens is 210 g/mol. The topological polar surface area (TPSA) is 23.5 Å². The van der Waals surface area contributed by atoms with Crippen molar-refractivity contribution in [3.8, 4) is 0 Å². The lowest BCUT2D eigenvalue weighted by atomic mass is 10.1. The number of hydrogen-bond donors (Lipinski definition) is 1. The molecule has 1 N–H and O–H groups in total. The zero-order valence-corrected chi connectivity index (χ0v) is 9.67. The Bertz CT molecular complexity index is 353. The molecule has 1 aromatic rings. The maximum absolute atomic E-state index is 8.90. The van der Waals surface area contributed by atoms with Gasteiger partial charge in [-0.15, -0.1) is 0 Å². The van der Waals surface area contributed by atoms with Crippen molar-refractivity contribution in [1.82, 2.24) is 4.90 Å². The molecular formula is C12H16ClNO. The van der Waals surface area contributed by atoms with Crippen molar-refractivity contribution in [2.75, 3.05) is 20.2 Å². The fraction of sp³-hybridized carbons (Fsp3) is 0.500. The van der Waals surface area contributed by atoms with Gasteiger partial charge in [0, 0.05) is 17.6 Å².